The van der Waals surface area contributed by atoms with Crippen LogP contribution in [0.1, 0.15) is 12.6 Å². The van der Waals surface area contributed by atoms with Crippen LogP contribution < -0.4 is 11.2 Å². The first-order chi connectivity index (χ1) is 5.77. The third-order valence-electron chi connectivity index (χ3n) is 1.84. The van der Waals surface area contributed by atoms with Crippen LogP contribution in [0.3, 0.4) is 0 Å². The quantitative estimate of drug-likeness (QED) is 0.612. The molecule has 0 amide bonds. The van der Waals surface area contributed by atoms with Crippen LogP contribution in [0.15, 0.2) is 21.9 Å². The molecule has 2 heterocycles. The van der Waals surface area contributed by atoms with Gasteiger partial charge in [0.05, 0.1) is 6.61 Å². The molecule has 1 N–H and O–H groups in total. The molecule has 1 saturated heterocycles. The van der Waals surface area contributed by atoms with E-state index in [2.05, 4.69) is 4.98 Å². The van der Waals surface area contributed by atoms with E-state index in [1.165, 1.54) is 16.8 Å². The highest BCUT2D eigenvalue weighted by molar-refractivity contribution is 4.85. The van der Waals surface area contributed by atoms with Crippen LogP contribution in [-0.2, 0) is 4.74 Å². The summed E-state index contributed by atoms with van der Waals surface area (Å²) in [5.41, 5.74) is -0.789. The summed E-state index contributed by atoms with van der Waals surface area (Å²) in [6.07, 6.45) is 2.09. The maximum absolute atomic E-state index is 11.1. The van der Waals surface area contributed by atoms with Crippen LogP contribution in [0.2, 0.25) is 0 Å². The zero-order chi connectivity index (χ0) is 8.55. The summed E-state index contributed by atoms with van der Waals surface area (Å²) in [6, 6.07) is 1.31. The second kappa shape index (κ2) is 2.60. The van der Waals surface area contributed by atoms with Crippen LogP contribution in [0.25, 0.3) is 0 Å². The van der Waals surface area contributed by atoms with Crippen molar-refractivity contribution in [3.8, 4) is 0 Å². The average Bonchev–Trinajstić information content (AvgIpc) is 1.91. The molecule has 0 saturated carbocycles. The summed E-state index contributed by atoms with van der Waals surface area (Å²) < 4.78 is 6.46. The highest BCUT2D eigenvalue weighted by Gasteiger charge is 2.20. The lowest BCUT2D eigenvalue weighted by atomic mass is 10.3. The summed E-state index contributed by atoms with van der Waals surface area (Å²) in [5, 5.41) is 0. The second-order valence-corrected chi connectivity index (χ2v) is 2.63. The van der Waals surface area contributed by atoms with Crippen molar-refractivity contribution in [2.24, 2.45) is 0 Å². The Hall–Kier alpha value is -1.36. The number of nitrogens with one attached hydrogen (secondary N) is 1. The molecule has 5 heteroatoms. The molecule has 1 atom stereocenters. The molecule has 1 unspecified atom stereocenters. The maximum Gasteiger partial charge on any atom is 0.330 e. The molecule has 1 aliphatic rings. The van der Waals surface area contributed by atoms with Gasteiger partial charge in [0.25, 0.3) is 5.56 Å². The lowest BCUT2D eigenvalue weighted by Crippen LogP contribution is -2.36. The van der Waals surface area contributed by atoms with Gasteiger partial charge in [-0.3, -0.25) is 14.3 Å². The number of H-pyrrole nitrogens is 1. The molecule has 1 aliphatic heterocycles. The summed E-state index contributed by atoms with van der Waals surface area (Å²) in [5.74, 6) is 0. The normalized spacial score (nSPS) is 21.8. The van der Waals surface area contributed by atoms with Crippen LogP contribution in [0.4, 0.5) is 0 Å². The Balaban J connectivity index is 2.44. The van der Waals surface area contributed by atoms with Gasteiger partial charge in [-0.1, -0.05) is 0 Å². The Morgan fingerprint density at radius 3 is 2.83 bits per heavy atom. The van der Waals surface area contributed by atoms with Crippen LogP contribution >= 0.6 is 0 Å². The average molecular weight is 168 g/mol. The summed E-state index contributed by atoms with van der Waals surface area (Å²) >= 11 is 0. The molecule has 64 valence electrons. The van der Waals surface area contributed by atoms with E-state index in [-0.39, 0.29) is 11.8 Å². The molecule has 12 heavy (non-hydrogen) atoms. The number of rotatable bonds is 1. The van der Waals surface area contributed by atoms with E-state index in [9.17, 15) is 9.59 Å². The predicted molar refractivity (Wildman–Crippen MR) is 40.9 cm³/mol. The standard InChI is InChI=1S/C7H8N2O3/c10-5-1-3-9(7(11)8-5)6-2-4-12-6/h1,3,6H,2,4H2,(H,8,10,11). The zero-order valence-corrected chi connectivity index (χ0v) is 6.32. The van der Waals surface area contributed by atoms with Gasteiger partial charge >= 0.3 is 5.69 Å². The first-order valence-electron chi connectivity index (χ1n) is 3.70. The van der Waals surface area contributed by atoms with Crippen LogP contribution in [0.5, 0.6) is 0 Å². The fraction of sp³-hybridized carbons (Fsp3) is 0.429. The highest BCUT2D eigenvalue weighted by atomic mass is 16.5. The molecule has 0 spiro atoms. The number of hydrogen-bond donors (Lipinski definition) is 1. The largest absolute Gasteiger partial charge is 0.358 e. The summed E-state index contributed by atoms with van der Waals surface area (Å²) in [6.45, 7) is 0.677. The summed E-state index contributed by atoms with van der Waals surface area (Å²) in [4.78, 5) is 23.9. The third kappa shape index (κ3) is 1.08. The Kier molecular flexibility index (Phi) is 1.58. The number of aromatic nitrogens is 2. The minimum absolute atomic E-state index is 0.186. The van der Waals surface area contributed by atoms with Crippen molar-refractivity contribution in [3.05, 3.63) is 33.1 Å². The SMILES string of the molecule is O=c1ccn(C2CCO2)c(=O)[nH]1. The number of aromatic amines is 1. The molecular weight excluding hydrogens is 160 g/mol. The molecule has 1 fully saturated rings. The van der Waals surface area contributed by atoms with Crippen molar-refractivity contribution < 1.29 is 4.74 Å². The Labute approximate surface area is 67.6 Å². The van der Waals surface area contributed by atoms with E-state index in [1.54, 1.807) is 0 Å². The fourth-order valence-electron chi connectivity index (χ4n) is 1.10. The van der Waals surface area contributed by atoms with E-state index < -0.39 is 5.69 Å². The minimum Gasteiger partial charge on any atom is -0.358 e. The molecule has 1 aromatic rings. The van der Waals surface area contributed by atoms with Crippen molar-refractivity contribution in [1.29, 1.82) is 0 Å². The smallest absolute Gasteiger partial charge is 0.330 e. The van der Waals surface area contributed by atoms with Gasteiger partial charge in [-0.05, 0) is 0 Å². The molecule has 0 aliphatic carbocycles. The first kappa shape index (κ1) is 7.30. The molecule has 2 rings (SSSR count). The van der Waals surface area contributed by atoms with Gasteiger partial charge in [0.1, 0.15) is 6.23 Å². The molecule has 0 bridgehead atoms. The van der Waals surface area contributed by atoms with Crippen molar-refractivity contribution in [1.82, 2.24) is 9.55 Å². The lowest BCUT2D eigenvalue weighted by Gasteiger charge is -2.27. The second-order valence-electron chi connectivity index (χ2n) is 2.63. The van der Waals surface area contributed by atoms with E-state index in [0.29, 0.717) is 6.61 Å². The van der Waals surface area contributed by atoms with Gasteiger partial charge in [-0.15, -0.1) is 0 Å². The van der Waals surface area contributed by atoms with E-state index in [4.69, 9.17) is 4.74 Å². The van der Waals surface area contributed by atoms with Crippen molar-refractivity contribution in [2.75, 3.05) is 6.61 Å². The van der Waals surface area contributed by atoms with Gasteiger partial charge in [0.2, 0.25) is 0 Å². The molecule has 1 aromatic heterocycles. The van der Waals surface area contributed by atoms with Crippen molar-refractivity contribution >= 4 is 0 Å². The van der Waals surface area contributed by atoms with Crippen molar-refractivity contribution in [3.63, 3.8) is 0 Å². The molecule has 5 nitrogen and oxygen atoms in total. The third-order valence-corrected chi connectivity index (χ3v) is 1.84. The minimum atomic E-state index is -0.410. The molecule has 0 radical (unpaired) electrons. The van der Waals surface area contributed by atoms with Crippen LogP contribution in [0, 0.1) is 0 Å². The monoisotopic (exact) mass is 168 g/mol. The number of hydrogen-bond acceptors (Lipinski definition) is 3. The van der Waals surface area contributed by atoms with Gasteiger partial charge in [0, 0.05) is 18.7 Å². The van der Waals surface area contributed by atoms with Crippen molar-refractivity contribution in [2.45, 2.75) is 12.6 Å². The Morgan fingerprint density at radius 1 is 1.58 bits per heavy atom. The maximum atomic E-state index is 11.1. The zero-order valence-electron chi connectivity index (χ0n) is 6.32. The van der Waals surface area contributed by atoms with Gasteiger partial charge in [-0.2, -0.15) is 0 Å². The van der Waals surface area contributed by atoms with Crippen LogP contribution in [-0.4, -0.2) is 16.2 Å². The fourth-order valence-corrected chi connectivity index (χ4v) is 1.10. The Bertz CT molecular complexity index is 388. The topological polar surface area (TPSA) is 64.1 Å². The van der Waals surface area contributed by atoms with Gasteiger partial charge < -0.3 is 4.74 Å². The van der Waals surface area contributed by atoms with Gasteiger partial charge in [0.15, 0.2) is 0 Å². The Morgan fingerprint density at radius 2 is 2.33 bits per heavy atom. The number of ether oxygens (including phenoxy) is 1. The molecule has 0 aromatic carbocycles. The summed E-state index contributed by atoms with van der Waals surface area (Å²) in [7, 11) is 0. The van der Waals surface area contributed by atoms with E-state index >= 15 is 0 Å². The molecular formula is C7H8N2O3. The van der Waals surface area contributed by atoms with Gasteiger partial charge in [-0.25, -0.2) is 4.79 Å². The highest BCUT2D eigenvalue weighted by Crippen LogP contribution is 2.19. The first-order valence-corrected chi connectivity index (χ1v) is 3.70. The van der Waals surface area contributed by atoms with E-state index in [1.807, 2.05) is 0 Å². The number of nitrogens with zero attached hydrogens (tertiary/aromatic N) is 1. The lowest BCUT2D eigenvalue weighted by molar-refractivity contribution is -0.102. The predicted octanol–water partition coefficient (Wildman–Crippen LogP) is -0.545. The van der Waals surface area contributed by atoms with E-state index in [0.717, 1.165) is 6.42 Å².